The first-order valence-corrected chi connectivity index (χ1v) is 10.5. The van der Waals surface area contributed by atoms with Crippen LogP contribution in [-0.2, 0) is 4.79 Å². The Balaban J connectivity index is 1.39. The molecule has 1 aromatic carbocycles. The summed E-state index contributed by atoms with van der Waals surface area (Å²) in [6, 6.07) is 11.2. The summed E-state index contributed by atoms with van der Waals surface area (Å²) < 4.78 is 0. The highest BCUT2D eigenvalue weighted by Gasteiger charge is 2.40. The van der Waals surface area contributed by atoms with Crippen molar-refractivity contribution in [2.24, 2.45) is 23.5 Å². The summed E-state index contributed by atoms with van der Waals surface area (Å²) >= 11 is 1.40. The Morgan fingerprint density at radius 2 is 1.70 bits per heavy atom. The standard InChI is InChI=1S/C21H25N3O2S/c22-19-13-4-1-5-14(19)11-15(10-13)20(25)23-16-6-2-7-17(12-16)24-21(26)18-8-3-9-27-18/h2-3,6-9,12-15,19H,1,4-5,10-11,22H2,(H,23,25)(H,24,26). The predicted octanol–water partition coefficient (Wildman–Crippen LogP) is 4.09. The number of benzene rings is 1. The minimum atomic E-state index is -0.137. The van der Waals surface area contributed by atoms with Gasteiger partial charge in [0.2, 0.25) is 5.91 Å². The Morgan fingerprint density at radius 3 is 2.37 bits per heavy atom. The van der Waals surface area contributed by atoms with Crippen LogP contribution in [-0.4, -0.2) is 17.9 Å². The van der Waals surface area contributed by atoms with E-state index in [0.717, 1.165) is 25.7 Å². The van der Waals surface area contributed by atoms with Crippen LogP contribution in [0.3, 0.4) is 0 Å². The van der Waals surface area contributed by atoms with E-state index in [1.165, 1.54) is 17.8 Å². The Bertz CT molecular complexity index is 807. The zero-order chi connectivity index (χ0) is 18.8. The van der Waals surface area contributed by atoms with E-state index in [-0.39, 0.29) is 23.8 Å². The molecule has 2 unspecified atom stereocenters. The highest BCUT2D eigenvalue weighted by molar-refractivity contribution is 7.12. The highest BCUT2D eigenvalue weighted by Crippen LogP contribution is 2.42. The van der Waals surface area contributed by atoms with Crippen LogP contribution in [0.4, 0.5) is 11.4 Å². The van der Waals surface area contributed by atoms with Crippen molar-refractivity contribution in [3.63, 3.8) is 0 Å². The first-order chi connectivity index (χ1) is 13.1. The van der Waals surface area contributed by atoms with E-state index >= 15 is 0 Å². The monoisotopic (exact) mass is 383 g/mol. The lowest BCUT2D eigenvalue weighted by Gasteiger charge is -2.43. The van der Waals surface area contributed by atoms with Gasteiger partial charge in [-0.25, -0.2) is 0 Å². The molecule has 1 aromatic heterocycles. The lowest BCUT2D eigenvalue weighted by Crippen LogP contribution is -2.48. The van der Waals surface area contributed by atoms with Gasteiger partial charge >= 0.3 is 0 Å². The van der Waals surface area contributed by atoms with E-state index in [9.17, 15) is 9.59 Å². The molecule has 2 saturated carbocycles. The molecule has 2 bridgehead atoms. The summed E-state index contributed by atoms with van der Waals surface area (Å²) in [6.07, 6.45) is 5.30. The maximum Gasteiger partial charge on any atom is 0.265 e. The van der Waals surface area contributed by atoms with Gasteiger partial charge in [-0.15, -0.1) is 11.3 Å². The second-order valence-electron chi connectivity index (χ2n) is 7.70. The van der Waals surface area contributed by atoms with Gasteiger partial charge in [0.05, 0.1) is 4.88 Å². The Hall–Kier alpha value is -2.18. The van der Waals surface area contributed by atoms with Gasteiger partial charge in [-0.1, -0.05) is 18.6 Å². The number of nitrogens with one attached hydrogen (secondary N) is 2. The number of carbonyl (C=O) groups is 2. The summed E-state index contributed by atoms with van der Waals surface area (Å²) in [5.74, 6) is 0.918. The van der Waals surface area contributed by atoms with Crippen LogP contribution in [0.1, 0.15) is 41.8 Å². The smallest absolute Gasteiger partial charge is 0.265 e. The second kappa shape index (κ2) is 7.82. The molecule has 2 fully saturated rings. The molecule has 6 heteroatoms. The molecule has 2 aromatic rings. The normalized spacial score (nSPS) is 27.0. The minimum Gasteiger partial charge on any atom is -0.327 e. The van der Waals surface area contributed by atoms with Crippen molar-refractivity contribution in [3.05, 3.63) is 46.7 Å². The molecular formula is C21H25N3O2S. The van der Waals surface area contributed by atoms with Gasteiger partial charge in [-0.2, -0.15) is 0 Å². The third-order valence-corrected chi connectivity index (χ3v) is 6.79. The first-order valence-electron chi connectivity index (χ1n) is 9.61. The molecule has 1 heterocycles. The second-order valence-corrected chi connectivity index (χ2v) is 8.65. The minimum absolute atomic E-state index is 0.0319. The van der Waals surface area contributed by atoms with Crippen LogP contribution in [0.2, 0.25) is 0 Å². The van der Waals surface area contributed by atoms with Crippen molar-refractivity contribution < 1.29 is 9.59 Å². The van der Waals surface area contributed by atoms with E-state index in [2.05, 4.69) is 10.6 Å². The quantitative estimate of drug-likeness (QED) is 0.743. The summed E-state index contributed by atoms with van der Waals surface area (Å²) in [6.45, 7) is 0. The third kappa shape index (κ3) is 4.06. The number of hydrogen-bond donors (Lipinski definition) is 3. The molecule has 2 aliphatic carbocycles. The van der Waals surface area contributed by atoms with Gasteiger partial charge in [-0.3, -0.25) is 9.59 Å². The molecule has 142 valence electrons. The van der Waals surface area contributed by atoms with Crippen molar-refractivity contribution in [2.45, 2.75) is 38.1 Å². The van der Waals surface area contributed by atoms with Gasteiger partial charge in [-0.05, 0) is 67.2 Å². The van der Waals surface area contributed by atoms with Crippen LogP contribution in [0.5, 0.6) is 0 Å². The van der Waals surface area contributed by atoms with Crippen molar-refractivity contribution in [1.29, 1.82) is 0 Å². The number of hydrogen-bond acceptors (Lipinski definition) is 4. The molecule has 0 aliphatic heterocycles. The summed E-state index contributed by atoms with van der Waals surface area (Å²) in [5.41, 5.74) is 7.72. The molecule has 0 spiro atoms. The van der Waals surface area contributed by atoms with Crippen molar-refractivity contribution in [1.82, 2.24) is 0 Å². The zero-order valence-corrected chi connectivity index (χ0v) is 16.0. The predicted molar refractivity (Wildman–Crippen MR) is 109 cm³/mol. The van der Waals surface area contributed by atoms with Crippen LogP contribution in [0, 0.1) is 17.8 Å². The Morgan fingerprint density at radius 1 is 1.00 bits per heavy atom. The molecule has 2 aliphatic rings. The lowest BCUT2D eigenvalue weighted by atomic mass is 9.65. The number of carbonyl (C=O) groups excluding carboxylic acids is 2. The van der Waals surface area contributed by atoms with Gasteiger partial charge in [0.15, 0.2) is 0 Å². The molecule has 5 nitrogen and oxygen atoms in total. The first kappa shape index (κ1) is 18.2. The Kier molecular flexibility index (Phi) is 5.27. The number of amides is 2. The summed E-state index contributed by atoms with van der Waals surface area (Å²) in [5, 5.41) is 7.79. The molecular weight excluding hydrogens is 358 g/mol. The largest absolute Gasteiger partial charge is 0.327 e. The van der Waals surface area contributed by atoms with Crippen LogP contribution in [0.15, 0.2) is 41.8 Å². The van der Waals surface area contributed by atoms with Gasteiger partial charge in [0, 0.05) is 23.3 Å². The van der Waals surface area contributed by atoms with Crippen LogP contribution in [0.25, 0.3) is 0 Å². The molecule has 27 heavy (non-hydrogen) atoms. The third-order valence-electron chi connectivity index (χ3n) is 5.92. The van der Waals surface area contributed by atoms with Crippen LogP contribution >= 0.6 is 11.3 Å². The number of nitrogens with two attached hydrogens (primary N) is 1. The summed E-state index contributed by atoms with van der Waals surface area (Å²) in [4.78, 5) is 25.6. The topological polar surface area (TPSA) is 84.2 Å². The molecule has 4 rings (SSSR count). The van der Waals surface area contributed by atoms with Crippen molar-refractivity contribution in [2.75, 3.05) is 10.6 Å². The fourth-order valence-electron chi connectivity index (χ4n) is 4.52. The van der Waals surface area contributed by atoms with Crippen molar-refractivity contribution in [3.8, 4) is 0 Å². The maximum atomic E-state index is 12.8. The fraction of sp³-hybridized carbons (Fsp3) is 0.429. The van der Waals surface area contributed by atoms with E-state index in [1.807, 2.05) is 29.6 Å². The summed E-state index contributed by atoms with van der Waals surface area (Å²) in [7, 11) is 0. The molecule has 2 atom stereocenters. The number of thiophene rings is 1. The van der Waals surface area contributed by atoms with Crippen molar-refractivity contribution >= 4 is 34.5 Å². The lowest BCUT2D eigenvalue weighted by molar-refractivity contribution is -0.122. The molecule has 0 saturated heterocycles. The zero-order valence-electron chi connectivity index (χ0n) is 15.2. The molecule has 2 amide bonds. The highest BCUT2D eigenvalue weighted by atomic mass is 32.1. The number of anilines is 2. The van der Waals surface area contributed by atoms with E-state index < -0.39 is 0 Å². The molecule has 4 N–H and O–H groups in total. The number of rotatable bonds is 4. The van der Waals surface area contributed by atoms with Crippen LogP contribution < -0.4 is 16.4 Å². The van der Waals surface area contributed by atoms with Gasteiger partial charge < -0.3 is 16.4 Å². The van der Waals surface area contributed by atoms with E-state index in [1.54, 1.807) is 12.1 Å². The molecule has 0 radical (unpaired) electrons. The van der Waals surface area contributed by atoms with E-state index in [0.29, 0.717) is 28.1 Å². The average Bonchev–Trinajstić information content (AvgIpc) is 3.16. The Labute approximate surface area is 163 Å². The SMILES string of the molecule is NC1C2CCCC1CC(C(=O)Nc1cccc(NC(=O)c3cccs3)c1)C2. The average molecular weight is 384 g/mol. The fourth-order valence-corrected chi connectivity index (χ4v) is 5.14. The maximum absolute atomic E-state index is 12.8. The number of fused-ring (bicyclic) bond motifs is 2. The van der Waals surface area contributed by atoms with Gasteiger partial charge in [0.1, 0.15) is 0 Å². The van der Waals surface area contributed by atoms with Gasteiger partial charge in [0.25, 0.3) is 5.91 Å². The van der Waals surface area contributed by atoms with E-state index in [4.69, 9.17) is 5.73 Å².